The van der Waals surface area contributed by atoms with E-state index < -0.39 is 5.97 Å². The first-order chi connectivity index (χ1) is 9.93. The van der Waals surface area contributed by atoms with Gasteiger partial charge in [-0.2, -0.15) is 0 Å². The Kier molecular flexibility index (Phi) is 3.56. The average molecular weight is 352 g/mol. The fraction of sp³-hybridized carbons (Fsp3) is 0.500. The number of benzene rings is 1. The Balaban J connectivity index is 1.71. The second-order valence-electron chi connectivity index (χ2n) is 6.18. The highest BCUT2D eigenvalue weighted by atomic mass is 79.9. The van der Waals surface area contributed by atoms with Gasteiger partial charge in [-0.25, -0.2) is 4.79 Å². The van der Waals surface area contributed by atoms with Crippen LogP contribution in [0.4, 0.5) is 5.69 Å². The summed E-state index contributed by atoms with van der Waals surface area (Å²) < 4.78 is 0.611. The Hall–Kier alpha value is -1.36. The normalized spacial score (nSPS) is 24.0. The molecule has 1 unspecified atom stereocenters. The Morgan fingerprint density at radius 1 is 1.38 bits per heavy atom. The number of rotatable bonds is 2. The SMILES string of the molecule is CC1C(=O)CC12CCN(c1ccc(C(=O)O)c(Br)c1)CC2. The van der Waals surface area contributed by atoms with Crippen molar-refractivity contribution in [3.05, 3.63) is 28.2 Å². The molecule has 112 valence electrons. The topological polar surface area (TPSA) is 57.6 Å². The van der Waals surface area contributed by atoms with Crippen molar-refractivity contribution in [3.8, 4) is 0 Å². The number of nitrogens with zero attached hydrogens (tertiary/aromatic N) is 1. The molecule has 2 fully saturated rings. The van der Waals surface area contributed by atoms with Crippen molar-refractivity contribution in [1.29, 1.82) is 0 Å². The van der Waals surface area contributed by atoms with Crippen molar-refractivity contribution in [2.75, 3.05) is 18.0 Å². The number of halogens is 1. The molecular formula is C16H18BrNO3. The smallest absolute Gasteiger partial charge is 0.336 e. The highest BCUT2D eigenvalue weighted by molar-refractivity contribution is 9.10. The van der Waals surface area contributed by atoms with Gasteiger partial charge < -0.3 is 10.0 Å². The van der Waals surface area contributed by atoms with Crippen LogP contribution in [0, 0.1) is 11.3 Å². The minimum absolute atomic E-state index is 0.209. The third-order valence-electron chi connectivity index (χ3n) is 5.24. The molecule has 1 aromatic carbocycles. The van der Waals surface area contributed by atoms with E-state index >= 15 is 0 Å². The molecule has 4 nitrogen and oxygen atoms in total. The standard InChI is InChI=1S/C16H18BrNO3/c1-10-14(19)9-16(10)4-6-18(7-5-16)11-2-3-12(15(20)21)13(17)8-11/h2-3,8,10H,4-7,9H2,1H3,(H,20,21). The Bertz CT molecular complexity index is 606. The number of carboxylic acids is 1. The highest BCUT2D eigenvalue weighted by Gasteiger charge is 2.51. The molecule has 1 heterocycles. The number of carbonyl (C=O) groups excluding carboxylic acids is 1. The van der Waals surface area contributed by atoms with E-state index in [0.717, 1.165) is 38.0 Å². The maximum atomic E-state index is 11.5. The van der Waals surface area contributed by atoms with Crippen molar-refractivity contribution in [1.82, 2.24) is 0 Å². The summed E-state index contributed by atoms with van der Waals surface area (Å²) in [4.78, 5) is 24.8. The zero-order valence-electron chi connectivity index (χ0n) is 11.9. The van der Waals surface area contributed by atoms with Crippen LogP contribution in [0.5, 0.6) is 0 Å². The predicted octanol–water partition coefficient (Wildman–Crippen LogP) is 3.34. The molecule has 1 aliphatic heterocycles. The number of Topliss-reactive ketones (excluding diaryl/α,β-unsaturated/α-hetero) is 1. The summed E-state index contributed by atoms with van der Waals surface area (Å²) in [6.07, 6.45) is 2.82. The van der Waals surface area contributed by atoms with Gasteiger partial charge in [-0.3, -0.25) is 4.79 Å². The van der Waals surface area contributed by atoms with Gasteiger partial charge >= 0.3 is 5.97 Å². The van der Waals surface area contributed by atoms with Crippen LogP contribution in [0.3, 0.4) is 0 Å². The van der Waals surface area contributed by atoms with E-state index in [4.69, 9.17) is 5.11 Å². The molecule has 0 bridgehead atoms. The maximum Gasteiger partial charge on any atom is 0.336 e. The van der Waals surface area contributed by atoms with Crippen LogP contribution in [0.1, 0.15) is 36.5 Å². The zero-order chi connectivity index (χ0) is 15.2. The van der Waals surface area contributed by atoms with E-state index in [1.165, 1.54) is 0 Å². The number of hydrogen-bond acceptors (Lipinski definition) is 3. The van der Waals surface area contributed by atoms with Gasteiger partial charge in [0, 0.05) is 35.6 Å². The van der Waals surface area contributed by atoms with Crippen LogP contribution < -0.4 is 4.90 Å². The summed E-state index contributed by atoms with van der Waals surface area (Å²) in [5, 5.41) is 9.05. The fourth-order valence-corrected chi connectivity index (χ4v) is 4.09. The third-order valence-corrected chi connectivity index (χ3v) is 5.89. The first-order valence-corrected chi connectivity index (χ1v) is 8.03. The molecule has 1 saturated heterocycles. The monoisotopic (exact) mass is 351 g/mol. The molecule has 1 aliphatic carbocycles. The van der Waals surface area contributed by atoms with E-state index in [1.54, 1.807) is 6.07 Å². The number of piperidine rings is 1. The van der Waals surface area contributed by atoms with Crippen LogP contribution >= 0.6 is 15.9 Å². The molecule has 1 spiro atoms. The summed E-state index contributed by atoms with van der Waals surface area (Å²) >= 11 is 3.33. The van der Waals surface area contributed by atoms with Gasteiger partial charge in [0.05, 0.1) is 5.56 Å². The van der Waals surface area contributed by atoms with Gasteiger partial charge in [-0.15, -0.1) is 0 Å². The molecule has 21 heavy (non-hydrogen) atoms. The molecule has 1 aromatic rings. The zero-order valence-corrected chi connectivity index (χ0v) is 13.5. The minimum Gasteiger partial charge on any atom is -0.478 e. The summed E-state index contributed by atoms with van der Waals surface area (Å²) in [7, 11) is 0. The van der Waals surface area contributed by atoms with Crippen LogP contribution in [0.15, 0.2) is 22.7 Å². The van der Waals surface area contributed by atoms with Crippen LogP contribution in [0.25, 0.3) is 0 Å². The van der Waals surface area contributed by atoms with E-state index in [1.807, 2.05) is 12.1 Å². The predicted molar refractivity (Wildman–Crippen MR) is 83.8 cm³/mol. The molecule has 0 radical (unpaired) electrons. The number of carboxylic acid groups (broad SMARTS) is 1. The second kappa shape index (κ2) is 5.13. The first kappa shape index (κ1) is 14.6. The Morgan fingerprint density at radius 2 is 2.05 bits per heavy atom. The fourth-order valence-electron chi connectivity index (χ4n) is 3.56. The van der Waals surface area contributed by atoms with Crippen molar-refractivity contribution in [2.45, 2.75) is 26.2 Å². The lowest BCUT2D eigenvalue weighted by Crippen LogP contribution is -2.53. The van der Waals surface area contributed by atoms with Crippen molar-refractivity contribution in [3.63, 3.8) is 0 Å². The quantitative estimate of drug-likeness (QED) is 0.887. The first-order valence-electron chi connectivity index (χ1n) is 7.23. The van der Waals surface area contributed by atoms with E-state index in [2.05, 4.69) is 27.8 Å². The van der Waals surface area contributed by atoms with Crippen molar-refractivity contribution >= 4 is 33.4 Å². The van der Waals surface area contributed by atoms with Crippen LogP contribution in [-0.2, 0) is 4.79 Å². The largest absolute Gasteiger partial charge is 0.478 e. The minimum atomic E-state index is -0.923. The molecule has 0 aromatic heterocycles. The lowest BCUT2D eigenvalue weighted by Gasteiger charge is -2.51. The van der Waals surface area contributed by atoms with E-state index in [9.17, 15) is 9.59 Å². The summed E-state index contributed by atoms with van der Waals surface area (Å²) in [5.74, 6) is -0.314. The molecule has 0 amide bonds. The number of hydrogen-bond donors (Lipinski definition) is 1. The van der Waals surface area contributed by atoms with Gasteiger partial charge in [0.1, 0.15) is 5.78 Å². The molecule has 2 aliphatic rings. The molecule has 5 heteroatoms. The lowest BCUT2D eigenvalue weighted by molar-refractivity contribution is -0.143. The van der Waals surface area contributed by atoms with E-state index in [0.29, 0.717) is 10.3 Å². The third kappa shape index (κ3) is 2.37. The lowest BCUT2D eigenvalue weighted by atomic mass is 9.55. The molecule has 1 saturated carbocycles. The summed E-state index contributed by atoms with van der Waals surface area (Å²) in [6.45, 7) is 3.91. The van der Waals surface area contributed by atoms with Crippen molar-refractivity contribution in [2.24, 2.45) is 11.3 Å². The van der Waals surface area contributed by atoms with Gasteiger partial charge in [0.2, 0.25) is 0 Å². The van der Waals surface area contributed by atoms with Crippen molar-refractivity contribution < 1.29 is 14.7 Å². The Labute approximate surface area is 132 Å². The summed E-state index contributed by atoms with van der Waals surface area (Å²) in [6, 6.07) is 5.37. The molecular weight excluding hydrogens is 334 g/mol. The van der Waals surface area contributed by atoms with Gasteiger partial charge in [-0.05, 0) is 52.4 Å². The number of carbonyl (C=O) groups is 2. The van der Waals surface area contributed by atoms with Crippen LogP contribution in [0.2, 0.25) is 0 Å². The van der Waals surface area contributed by atoms with Gasteiger partial charge in [-0.1, -0.05) is 6.92 Å². The molecule has 3 rings (SSSR count). The molecule has 1 N–H and O–H groups in total. The molecule has 1 atom stereocenters. The second-order valence-corrected chi connectivity index (χ2v) is 7.04. The number of ketones is 1. The van der Waals surface area contributed by atoms with Gasteiger partial charge in [0.25, 0.3) is 0 Å². The Morgan fingerprint density at radius 3 is 2.52 bits per heavy atom. The summed E-state index contributed by atoms with van der Waals surface area (Å²) in [5.41, 5.74) is 1.55. The van der Waals surface area contributed by atoms with E-state index in [-0.39, 0.29) is 16.9 Å². The van der Waals surface area contributed by atoms with Crippen LogP contribution in [-0.4, -0.2) is 29.9 Å². The highest BCUT2D eigenvalue weighted by Crippen LogP contribution is 2.51. The number of anilines is 1. The maximum absolute atomic E-state index is 11.5. The number of aromatic carboxylic acids is 1. The van der Waals surface area contributed by atoms with Gasteiger partial charge in [0.15, 0.2) is 0 Å². The average Bonchev–Trinajstić information content (AvgIpc) is 2.47.